The molecule has 0 spiro atoms. The van der Waals surface area contributed by atoms with Crippen molar-refractivity contribution in [2.24, 2.45) is 7.05 Å². The summed E-state index contributed by atoms with van der Waals surface area (Å²) in [5, 5.41) is 2.98. The number of ether oxygens (including phenoxy) is 2. The molecule has 2 aliphatic heterocycles. The van der Waals surface area contributed by atoms with E-state index < -0.39 is 0 Å². The molecule has 0 saturated carbocycles. The van der Waals surface area contributed by atoms with Gasteiger partial charge in [0.25, 0.3) is 5.91 Å². The highest BCUT2D eigenvalue weighted by Gasteiger charge is 2.27. The highest BCUT2D eigenvalue weighted by Crippen LogP contribution is 2.32. The van der Waals surface area contributed by atoms with Gasteiger partial charge in [0.15, 0.2) is 11.5 Å². The summed E-state index contributed by atoms with van der Waals surface area (Å²) in [5.41, 5.74) is 4.70. The quantitative estimate of drug-likeness (QED) is 0.744. The fourth-order valence-electron chi connectivity index (χ4n) is 4.36. The maximum Gasteiger partial charge on any atom is 0.256 e. The molecule has 172 valence electrons. The van der Waals surface area contributed by atoms with Gasteiger partial charge in [0.1, 0.15) is 0 Å². The molecule has 4 rings (SSSR count). The fraction of sp³-hybridized carbons (Fsp3) is 0.500. The van der Waals surface area contributed by atoms with E-state index in [1.54, 1.807) is 0 Å². The summed E-state index contributed by atoms with van der Waals surface area (Å²) in [6.45, 7) is 7.90. The van der Waals surface area contributed by atoms with Crippen LogP contribution in [0.4, 0.5) is 0 Å². The average Bonchev–Trinajstić information content (AvgIpc) is 3.34. The normalized spacial score (nSPS) is 15.8. The third kappa shape index (κ3) is 4.46. The highest BCUT2D eigenvalue weighted by atomic mass is 16.7. The minimum atomic E-state index is -0.0402. The van der Waals surface area contributed by atoms with Crippen molar-refractivity contribution < 1.29 is 19.1 Å². The van der Waals surface area contributed by atoms with Crippen molar-refractivity contribution in [3.05, 3.63) is 46.3 Å². The third-order valence-corrected chi connectivity index (χ3v) is 6.64. The van der Waals surface area contributed by atoms with Crippen LogP contribution in [0.5, 0.6) is 11.5 Å². The Morgan fingerprint density at radius 3 is 2.47 bits per heavy atom. The molecule has 0 bridgehead atoms. The van der Waals surface area contributed by atoms with Gasteiger partial charge >= 0.3 is 0 Å². The van der Waals surface area contributed by atoms with Gasteiger partial charge in [-0.1, -0.05) is 6.07 Å². The zero-order valence-corrected chi connectivity index (χ0v) is 19.4. The lowest BCUT2D eigenvalue weighted by atomic mass is 10.0. The van der Waals surface area contributed by atoms with Gasteiger partial charge in [0, 0.05) is 57.6 Å². The predicted octanol–water partition coefficient (Wildman–Crippen LogP) is 2.01. The number of benzene rings is 1. The number of nitrogens with one attached hydrogen (secondary N) is 1. The number of carbonyl (C=O) groups is 2. The first-order valence-electron chi connectivity index (χ1n) is 11.1. The summed E-state index contributed by atoms with van der Waals surface area (Å²) < 4.78 is 12.8. The number of nitrogens with zero attached hydrogens (tertiary/aromatic N) is 3. The lowest BCUT2D eigenvalue weighted by molar-refractivity contribution is -0.121. The molecule has 1 saturated heterocycles. The highest BCUT2D eigenvalue weighted by molar-refractivity contribution is 5.97. The Balaban J connectivity index is 1.39. The Kier molecular flexibility index (Phi) is 6.41. The van der Waals surface area contributed by atoms with Gasteiger partial charge < -0.3 is 29.2 Å². The number of hydrogen-bond acceptors (Lipinski definition) is 5. The van der Waals surface area contributed by atoms with Crippen molar-refractivity contribution in [3.8, 4) is 11.5 Å². The van der Waals surface area contributed by atoms with Crippen molar-refractivity contribution >= 4 is 11.8 Å². The van der Waals surface area contributed by atoms with Gasteiger partial charge in [0.2, 0.25) is 12.7 Å². The molecule has 2 amide bonds. The second-order valence-electron chi connectivity index (χ2n) is 8.64. The summed E-state index contributed by atoms with van der Waals surface area (Å²) in [6, 6.07) is 5.67. The zero-order valence-electron chi connectivity index (χ0n) is 19.4. The lowest BCUT2D eigenvalue weighted by Crippen LogP contribution is -2.47. The first-order chi connectivity index (χ1) is 15.3. The number of piperazine rings is 1. The Morgan fingerprint density at radius 2 is 1.72 bits per heavy atom. The first kappa shape index (κ1) is 22.2. The van der Waals surface area contributed by atoms with Crippen molar-refractivity contribution in [1.29, 1.82) is 0 Å². The second kappa shape index (κ2) is 9.24. The molecule has 8 nitrogen and oxygen atoms in total. The molecular weight excluding hydrogens is 408 g/mol. The lowest BCUT2D eigenvalue weighted by Gasteiger charge is -2.32. The van der Waals surface area contributed by atoms with E-state index in [4.69, 9.17) is 9.47 Å². The zero-order chi connectivity index (χ0) is 22.8. The Labute approximate surface area is 189 Å². The molecule has 1 aromatic carbocycles. The summed E-state index contributed by atoms with van der Waals surface area (Å²) in [7, 11) is 4.06. The van der Waals surface area contributed by atoms with Crippen LogP contribution in [-0.4, -0.2) is 66.2 Å². The monoisotopic (exact) mass is 440 g/mol. The summed E-state index contributed by atoms with van der Waals surface area (Å²) in [5.74, 6) is 1.48. The van der Waals surface area contributed by atoms with E-state index in [0.29, 0.717) is 25.1 Å². The van der Waals surface area contributed by atoms with Crippen LogP contribution in [0.3, 0.4) is 0 Å². The molecule has 0 unspecified atom stereocenters. The van der Waals surface area contributed by atoms with Gasteiger partial charge in [-0.05, 0) is 50.6 Å². The van der Waals surface area contributed by atoms with Crippen LogP contribution in [0.2, 0.25) is 0 Å². The molecular formula is C24H32N4O4. The fourth-order valence-corrected chi connectivity index (χ4v) is 4.36. The summed E-state index contributed by atoms with van der Waals surface area (Å²) >= 11 is 0. The topological polar surface area (TPSA) is 76.0 Å². The van der Waals surface area contributed by atoms with E-state index in [1.807, 2.05) is 44.0 Å². The Morgan fingerprint density at radius 1 is 1.00 bits per heavy atom. The molecule has 0 radical (unpaired) electrons. The SMILES string of the molecule is Cc1c(CCC(=O)NCc2ccc3c(c2)OCO3)c(C(=O)N2CCN(C)CC2)c(C)n1C. The number of rotatable bonds is 6. The van der Waals surface area contributed by atoms with E-state index in [1.165, 1.54) is 0 Å². The van der Waals surface area contributed by atoms with Gasteiger partial charge in [-0.25, -0.2) is 0 Å². The van der Waals surface area contributed by atoms with Crippen LogP contribution in [0.15, 0.2) is 18.2 Å². The molecule has 1 aromatic heterocycles. The van der Waals surface area contributed by atoms with E-state index in [9.17, 15) is 9.59 Å². The van der Waals surface area contributed by atoms with Crippen molar-refractivity contribution in [2.45, 2.75) is 33.2 Å². The minimum absolute atomic E-state index is 0.0402. The van der Waals surface area contributed by atoms with Crippen LogP contribution in [0, 0.1) is 13.8 Å². The standard InChI is InChI=1S/C24H32N4O4/c1-16-19(23(17(2)27(16)4)24(30)28-11-9-26(3)10-12-28)6-8-22(29)25-14-18-5-7-20-21(13-18)32-15-31-20/h5,7,13H,6,8-12,14-15H2,1-4H3,(H,25,29). The molecule has 2 aromatic rings. The van der Waals surface area contributed by atoms with Crippen molar-refractivity contribution in [3.63, 3.8) is 0 Å². The number of likely N-dealkylation sites (N-methyl/N-ethyl adjacent to an activating group) is 1. The Bertz CT molecular complexity index is 1020. The van der Waals surface area contributed by atoms with Crippen molar-refractivity contribution in [2.75, 3.05) is 40.0 Å². The van der Waals surface area contributed by atoms with E-state index in [-0.39, 0.29) is 18.6 Å². The van der Waals surface area contributed by atoms with Crippen LogP contribution in [0.1, 0.15) is 39.3 Å². The smallest absolute Gasteiger partial charge is 0.256 e. The molecule has 32 heavy (non-hydrogen) atoms. The first-order valence-corrected chi connectivity index (χ1v) is 11.1. The Hall–Kier alpha value is -3.00. The van der Waals surface area contributed by atoms with Crippen LogP contribution in [-0.2, 0) is 24.8 Å². The predicted molar refractivity (Wildman–Crippen MR) is 121 cm³/mol. The maximum absolute atomic E-state index is 13.3. The third-order valence-electron chi connectivity index (χ3n) is 6.64. The summed E-state index contributed by atoms with van der Waals surface area (Å²) in [6.07, 6.45) is 0.868. The van der Waals surface area contributed by atoms with E-state index in [0.717, 1.165) is 60.0 Å². The minimum Gasteiger partial charge on any atom is -0.454 e. The molecule has 1 N–H and O–H groups in total. The number of amides is 2. The number of carbonyl (C=O) groups excluding carboxylic acids is 2. The molecule has 3 heterocycles. The molecule has 8 heteroatoms. The number of aromatic nitrogens is 1. The van der Waals surface area contributed by atoms with Crippen LogP contribution >= 0.6 is 0 Å². The van der Waals surface area contributed by atoms with Gasteiger partial charge in [0.05, 0.1) is 5.56 Å². The van der Waals surface area contributed by atoms with Crippen LogP contribution < -0.4 is 14.8 Å². The molecule has 2 aliphatic rings. The van der Waals surface area contributed by atoms with Crippen LogP contribution in [0.25, 0.3) is 0 Å². The van der Waals surface area contributed by atoms with Crippen molar-refractivity contribution in [1.82, 2.24) is 19.7 Å². The van der Waals surface area contributed by atoms with Gasteiger partial charge in [-0.2, -0.15) is 0 Å². The second-order valence-corrected chi connectivity index (χ2v) is 8.64. The number of hydrogen-bond donors (Lipinski definition) is 1. The summed E-state index contributed by atoms with van der Waals surface area (Å²) in [4.78, 5) is 30.1. The largest absolute Gasteiger partial charge is 0.454 e. The molecule has 1 fully saturated rings. The van der Waals surface area contributed by atoms with Gasteiger partial charge in [-0.15, -0.1) is 0 Å². The molecule has 0 aliphatic carbocycles. The van der Waals surface area contributed by atoms with E-state index in [2.05, 4.69) is 21.8 Å². The average molecular weight is 441 g/mol. The van der Waals surface area contributed by atoms with Gasteiger partial charge in [-0.3, -0.25) is 9.59 Å². The maximum atomic E-state index is 13.3. The van der Waals surface area contributed by atoms with E-state index >= 15 is 0 Å². The molecule has 0 atom stereocenters. The number of fused-ring (bicyclic) bond motifs is 1.